The number of alkyl halides is 3. The molecule has 0 atom stereocenters. The molecule has 6 nitrogen and oxygen atoms in total. The van der Waals surface area contributed by atoms with Gasteiger partial charge in [-0.05, 0) is 46.9 Å². The van der Waals surface area contributed by atoms with Crippen LogP contribution in [0.3, 0.4) is 0 Å². The number of nitrogens with zero attached hydrogens (tertiary/aromatic N) is 4. The molecule has 0 unspecified atom stereocenters. The van der Waals surface area contributed by atoms with Gasteiger partial charge in [0.2, 0.25) is 0 Å². The van der Waals surface area contributed by atoms with E-state index in [1.807, 2.05) is 43.3 Å². The van der Waals surface area contributed by atoms with Crippen LogP contribution in [0, 0.1) is 0 Å². The summed E-state index contributed by atoms with van der Waals surface area (Å²) in [6.45, 7) is 6.26. The van der Waals surface area contributed by atoms with Crippen molar-refractivity contribution in [3.05, 3.63) is 95.3 Å². The monoisotopic (exact) mass is 551 g/mol. The second-order valence-corrected chi connectivity index (χ2v) is 9.60. The number of aromatic nitrogens is 3. The van der Waals surface area contributed by atoms with Gasteiger partial charge in [-0.1, -0.05) is 81.5 Å². The van der Waals surface area contributed by atoms with E-state index in [-0.39, 0.29) is 5.75 Å². The summed E-state index contributed by atoms with van der Waals surface area (Å²) in [6.07, 6.45) is -1.84. The highest BCUT2D eigenvalue weighted by Gasteiger charge is 2.31. The zero-order chi connectivity index (χ0) is 28.0. The predicted octanol–water partition coefficient (Wildman–Crippen LogP) is 7.01. The summed E-state index contributed by atoms with van der Waals surface area (Å²) in [5, 5.41) is 8.86. The number of hydrogen-bond acceptors (Lipinski definition) is 5. The van der Waals surface area contributed by atoms with Gasteiger partial charge in [0.05, 0.1) is 11.9 Å². The molecule has 0 spiro atoms. The van der Waals surface area contributed by atoms with E-state index in [0.717, 1.165) is 11.1 Å². The third-order valence-corrected chi connectivity index (χ3v) is 6.14. The first-order valence-electron chi connectivity index (χ1n) is 12.4. The molecule has 10 heteroatoms. The van der Waals surface area contributed by atoms with Crippen LogP contribution in [-0.2, 0) is 12.8 Å². The van der Waals surface area contributed by atoms with Crippen LogP contribution in [0.15, 0.2) is 77.9 Å². The molecule has 0 aliphatic rings. The molecule has 0 saturated carbocycles. The van der Waals surface area contributed by atoms with Crippen LogP contribution in [0.2, 0.25) is 0 Å². The number of thiocarbonyl (C=S) groups is 1. The van der Waals surface area contributed by atoms with Gasteiger partial charge in [-0.3, -0.25) is 5.43 Å². The van der Waals surface area contributed by atoms with E-state index in [9.17, 15) is 13.2 Å². The maximum Gasteiger partial charge on any atom is 0.573 e. The fourth-order valence-electron chi connectivity index (χ4n) is 4.06. The molecule has 202 valence electrons. The minimum absolute atomic E-state index is 0.294. The molecule has 0 aliphatic heterocycles. The van der Waals surface area contributed by atoms with Gasteiger partial charge < -0.3 is 4.74 Å². The van der Waals surface area contributed by atoms with Gasteiger partial charge in [-0.15, -0.1) is 18.3 Å². The molecule has 39 heavy (non-hydrogen) atoms. The average molecular weight is 552 g/mol. The summed E-state index contributed by atoms with van der Waals surface area (Å²) in [5.74, 6) is 1.31. The van der Waals surface area contributed by atoms with Crippen molar-refractivity contribution < 1.29 is 17.9 Å². The van der Waals surface area contributed by atoms with Crippen molar-refractivity contribution in [2.75, 3.05) is 0 Å². The zero-order valence-corrected chi connectivity index (χ0v) is 22.6. The lowest BCUT2D eigenvalue weighted by molar-refractivity contribution is -0.274. The minimum Gasteiger partial charge on any atom is -0.406 e. The molecule has 0 bridgehead atoms. The van der Waals surface area contributed by atoms with E-state index < -0.39 is 6.36 Å². The van der Waals surface area contributed by atoms with Gasteiger partial charge in [-0.25, -0.2) is 9.67 Å². The molecule has 1 heterocycles. The maximum atomic E-state index is 12.5. The van der Waals surface area contributed by atoms with E-state index >= 15 is 0 Å². The quantitative estimate of drug-likeness (QED) is 0.138. The first kappa shape index (κ1) is 28.0. The Hall–Kier alpha value is -4.05. The van der Waals surface area contributed by atoms with E-state index in [1.54, 1.807) is 10.9 Å². The Kier molecular flexibility index (Phi) is 8.75. The number of benzene rings is 3. The molecule has 1 aromatic heterocycles. The fraction of sp³-hybridized carbons (Fsp3) is 0.241. The Balaban J connectivity index is 1.41. The Labute approximate surface area is 230 Å². The fourth-order valence-corrected chi connectivity index (χ4v) is 4.27. The van der Waals surface area contributed by atoms with E-state index in [0.29, 0.717) is 41.1 Å². The summed E-state index contributed by atoms with van der Waals surface area (Å²) >= 11 is 5.48. The van der Waals surface area contributed by atoms with Crippen molar-refractivity contribution in [2.45, 2.75) is 45.9 Å². The molecular formula is C29H28F3N5OS. The lowest BCUT2D eigenvalue weighted by Gasteiger charge is -2.12. The number of hydrazone groups is 1. The third-order valence-electron chi connectivity index (χ3n) is 5.91. The molecule has 3 aromatic carbocycles. The van der Waals surface area contributed by atoms with Crippen molar-refractivity contribution in [1.29, 1.82) is 0 Å². The van der Waals surface area contributed by atoms with Crippen molar-refractivity contribution in [3.63, 3.8) is 0 Å². The SMILES string of the molecule is CCc1nc(-c2ccc(C=NNC(=S)Cc3ccccc3C(C)C)cc2)nn1-c1ccc(OC(F)(F)F)cc1. The predicted molar refractivity (Wildman–Crippen MR) is 150 cm³/mol. The van der Waals surface area contributed by atoms with Gasteiger partial charge in [0.15, 0.2) is 5.82 Å². The number of nitrogens with one attached hydrogen (secondary N) is 1. The van der Waals surface area contributed by atoms with E-state index in [4.69, 9.17) is 12.2 Å². The largest absolute Gasteiger partial charge is 0.573 e. The lowest BCUT2D eigenvalue weighted by atomic mass is 9.95. The lowest BCUT2D eigenvalue weighted by Crippen LogP contribution is -2.18. The third kappa shape index (κ3) is 7.51. The topological polar surface area (TPSA) is 64.3 Å². The second-order valence-electron chi connectivity index (χ2n) is 9.10. The Morgan fingerprint density at radius 1 is 1.05 bits per heavy atom. The standard InChI is InChI=1S/C29H28F3N5OS/c1-4-26-34-28(36-37(26)23-13-15-24(16-14-23)38-29(30,31)32)21-11-9-20(10-12-21)18-33-35-27(39)17-22-7-5-6-8-25(22)19(2)3/h5-16,18-19H,4,17H2,1-3H3,(H,35,39). The van der Waals surface area contributed by atoms with Crippen LogP contribution in [0.5, 0.6) is 5.75 Å². The Bertz CT molecular complexity index is 1450. The van der Waals surface area contributed by atoms with Crippen LogP contribution >= 0.6 is 12.2 Å². The van der Waals surface area contributed by atoms with Crippen molar-refractivity contribution in [1.82, 2.24) is 20.2 Å². The first-order valence-corrected chi connectivity index (χ1v) is 12.9. The maximum absolute atomic E-state index is 12.5. The smallest absolute Gasteiger partial charge is 0.406 e. The van der Waals surface area contributed by atoms with Crippen LogP contribution in [0.25, 0.3) is 17.1 Å². The molecule has 4 aromatic rings. The number of halogens is 3. The normalized spacial score (nSPS) is 11.8. The minimum atomic E-state index is -4.74. The molecule has 4 rings (SSSR count). The van der Waals surface area contributed by atoms with Crippen LogP contribution in [0.4, 0.5) is 13.2 Å². The van der Waals surface area contributed by atoms with Gasteiger partial charge in [0, 0.05) is 18.4 Å². The number of hydrogen-bond donors (Lipinski definition) is 1. The highest BCUT2D eigenvalue weighted by atomic mass is 32.1. The molecule has 0 aliphatic carbocycles. The highest BCUT2D eigenvalue weighted by molar-refractivity contribution is 7.80. The van der Waals surface area contributed by atoms with Crippen molar-refractivity contribution in [2.24, 2.45) is 5.10 Å². The zero-order valence-electron chi connectivity index (χ0n) is 21.7. The van der Waals surface area contributed by atoms with E-state index in [2.05, 4.69) is 51.3 Å². The average Bonchev–Trinajstić information content (AvgIpc) is 3.33. The molecule has 0 radical (unpaired) electrons. The second kappa shape index (κ2) is 12.2. The van der Waals surface area contributed by atoms with Crippen molar-refractivity contribution in [3.8, 4) is 22.8 Å². The molecule has 1 N–H and O–H groups in total. The first-order chi connectivity index (χ1) is 18.6. The molecular weight excluding hydrogens is 523 g/mol. The van der Waals surface area contributed by atoms with Crippen LogP contribution in [-0.4, -0.2) is 32.3 Å². The molecule has 0 fully saturated rings. The number of aryl methyl sites for hydroxylation is 1. The van der Waals surface area contributed by atoms with Gasteiger partial charge in [0.25, 0.3) is 0 Å². The van der Waals surface area contributed by atoms with Crippen LogP contribution in [0.1, 0.15) is 49.2 Å². The van der Waals surface area contributed by atoms with Gasteiger partial charge in [0.1, 0.15) is 16.6 Å². The van der Waals surface area contributed by atoms with Gasteiger partial charge >= 0.3 is 6.36 Å². The highest BCUT2D eigenvalue weighted by Crippen LogP contribution is 2.25. The summed E-state index contributed by atoms with van der Waals surface area (Å²) in [4.78, 5) is 5.24. The molecule has 0 amide bonds. The molecule has 0 saturated heterocycles. The number of rotatable bonds is 9. The Morgan fingerprint density at radius 3 is 2.38 bits per heavy atom. The summed E-state index contributed by atoms with van der Waals surface area (Å²) in [5.41, 5.74) is 7.66. The van der Waals surface area contributed by atoms with Gasteiger partial charge in [-0.2, -0.15) is 5.10 Å². The van der Waals surface area contributed by atoms with Crippen molar-refractivity contribution >= 4 is 23.4 Å². The Morgan fingerprint density at radius 2 is 1.74 bits per heavy atom. The summed E-state index contributed by atoms with van der Waals surface area (Å²) in [6, 6.07) is 21.3. The van der Waals surface area contributed by atoms with E-state index in [1.165, 1.54) is 35.4 Å². The summed E-state index contributed by atoms with van der Waals surface area (Å²) < 4.78 is 42.9. The van der Waals surface area contributed by atoms with Crippen LogP contribution < -0.4 is 10.2 Å². The summed E-state index contributed by atoms with van der Waals surface area (Å²) in [7, 11) is 0. The number of ether oxygens (including phenoxy) is 1.